The fourth-order valence-corrected chi connectivity index (χ4v) is 3.84. The number of hydrogen-bond donors (Lipinski definition) is 1. The Balaban J connectivity index is 1.92. The zero-order valence-corrected chi connectivity index (χ0v) is 13.4. The second-order valence-electron chi connectivity index (χ2n) is 4.69. The topological polar surface area (TPSA) is 23.5 Å². The molecule has 1 aliphatic rings. The summed E-state index contributed by atoms with van der Waals surface area (Å²) in [6, 6.07) is 12.2. The molecular formula is C15H13Br2NO. The Morgan fingerprint density at radius 3 is 2.74 bits per heavy atom. The van der Waals surface area contributed by atoms with Crippen molar-refractivity contribution in [3.63, 3.8) is 0 Å². The lowest BCUT2D eigenvalue weighted by Gasteiger charge is -2.21. The number of para-hydroxylation sites is 1. The molecule has 0 saturated heterocycles. The summed E-state index contributed by atoms with van der Waals surface area (Å²) in [7, 11) is 0. The summed E-state index contributed by atoms with van der Waals surface area (Å²) in [6.45, 7) is 1.72. The maximum atomic E-state index is 10.1. The normalized spacial score (nSPS) is 13.7. The largest absolute Gasteiger partial charge is 0.508 e. The maximum Gasteiger partial charge on any atom is 0.122 e. The van der Waals surface area contributed by atoms with Crippen LogP contribution in [0.2, 0.25) is 0 Å². The SMILES string of the molecule is Oc1cc(Br)cc(Br)c1CN1CCc2ccccc21. The van der Waals surface area contributed by atoms with Crippen molar-refractivity contribution in [2.24, 2.45) is 0 Å². The molecule has 1 N–H and O–H groups in total. The van der Waals surface area contributed by atoms with E-state index in [0.717, 1.165) is 34.0 Å². The molecule has 0 amide bonds. The first-order chi connectivity index (χ1) is 9.15. The van der Waals surface area contributed by atoms with Crippen LogP contribution in [0.1, 0.15) is 11.1 Å². The predicted molar refractivity (Wildman–Crippen MR) is 84.7 cm³/mol. The lowest BCUT2D eigenvalue weighted by Crippen LogP contribution is -2.20. The van der Waals surface area contributed by atoms with Gasteiger partial charge in [-0.25, -0.2) is 0 Å². The minimum atomic E-state index is 0.325. The predicted octanol–water partition coefficient (Wildman–Crippen LogP) is 4.48. The summed E-state index contributed by atoms with van der Waals surface area (Å²) >= 11 is 6.91. The van der Waals surface area contributed by atoms with E-state index < -0.39 is 0 Å². The van der Waals surface area contributed by atoms with E-state index in [0.29, 0.717) is 5.75 Å². The second kappa shape index (κ2) is 5.17. The van der Waals surface area contributed by atoms with Crippen LogP contribution in [0.5, 0.6) is 5.75 Å². The molecule has 98 valence electrons. The molecule has 4 heteroatoms. The van der Waals surface area contributed by atoms with Crippen molar-refractivity contribution in [3.05, 3.63) is 56.5 Å². The van der Waals surface area contributed by atoms with E-state index in [4.69, 9.17) is 0 Å². The van der Waals surface area contributed by atoms with Gasteiger partial charge in [-0.2, -0.15) is 0 Å². The third-order valence-electron chi connectivity index (χ3n) is 3.47. The van der Waals surface area contributed by atoms with E-state index in [1.54, 1.807) is 6.07 Å². The van der Waals surface area contributed by atoms with Crippen molar-refractivity contribution in [3.8, 4) is 5.75 Å². The van der Waals surface area contributed by atoms with Crippen LogP contribution < -0.4 is 4.90 Å². The van der Waals surface area contributed by atoms with Gasteiger partial charge in [0.05, 0.1) is 0 Å². The van der Waals surface area contributed by atoms with Gasteiger partial charge >= 0.3 is 0 Å². The molecule has 19 heavy (non-hydrogen) atoms. The molecule has 0 radical (unpaired) electrons. The number of halogens is 2. The van der Waals surface area contributed by atoms with Crippen LogP contribution in [0, 0.1) is 0 Å². The molecule has 1 heterocycles. The highest BCUT2D eigenvalue weighted by molar-refractivity contribution is 9.11. The number of fused-ring (bicyclic) bond motifs is 1. The highest BCUT2D eigenvalue weighted by Gasteiger charge is 2.20. The van der Waals surface area contributed by atoms with Crippen molar-refractivity contribution in [1.29, 1.82) is 0 Å². The standard InChI is InChI=1S/C15H13Br2NO/c16-11-7-13(17)12(15(19)8-11)9-18-6-5-10-3-1-2-4-14(10)18/h1-4,7-8,19H,5-6,9H2. The summed E-state index contributed by atoms with van der Waals surface area (Å²) in [5.41, 5.74) is 3.59. The van der Waals surface area contributed by atoms with Crippen LogP contribution in [0.4, 0.5) is 5.69 Å². The second-order valence-corrected chi connectivity index (χ2v) is 6.46. The molecule has 2 nitrogen and oxygen atoms in total. The van der Waals surface area contributed by atoms with Gasteiger partial charge in [0, 0.05) is 33.3 Å². The fraction of sp³-hybridized carbons (Fsp3) is 0.200. The molecule has 2 aromatic carbocycles. The zero-order chi connectivity index (χ0) is 13.4. The van der Waals surface area contributed by atoms with Crippen molar-refractivity contribution < 1.29 is 5.11 Å². The van der Waals surface area contributed by atoms with E-state index in [1.165, 1.54) is 11.3 Å². The molecule has 0 saturated carbocycles. The smallest absolute Gasteiger partial charge is 0.122 e. The van der Waals surface area contributed by atoms with Crippen LogP contribution in [-0.2, 0) is 13.0 Å². The number of nitrogens with zero attached hydrogens (tertiary/aromatic N) is 1. The van der Waals surface area contributed by atoms with E-state index in [1.807, 2.05) is 6.07 Å². The average Bonchev–Trinajstić information content (AvgIpc) is 2.77. The van der Waals surface area contributed by atoms with Crippen molar-refractivity contribution in [1.82, 2.24) is 0 Å². The number of phenols is 1. The van der Waals surface area contributed by atoms with E-state index >= 15 is 0 Å². The Morgan fingerprint density at radius 1 is 1.16 bits per heavy atom. The van der Waals surface area contributed by atoms with Gasteiger partial charge in [-0.1, -0.05) is 50.1 Å². The van der Waals surface area contributed by atoms with Gasteiger partial charge in [0.15, 0.2) is 0 Å². The minimum Gasteiger partial charge on any atom is -0.508 e. The van der Waals surface area contributed by atoms with Crippen LogP contribution in [-0.4, -0.2) is 11.7 Å². The fourth-order valence-electron chi connectivity index (χ4n) is 2.51. The van der Waals surface area contributed by atoms with Crippen molar-refractivity contribution in [2.75, 3.05) is 11.4 Å². The minimum absolute atomic E-state index is 0.325. The highest BCUT2D eigenvalue weighted by Crippen LogP contribution is 2.35. The van der Waals surface area contributed by atoms with Gasteiger partial charge in [0.2, 0.25) is 0 Å². The summed E-state index contributed by atoms with van der Waals surface area (Å²) in [6.07, 6.45) is 1.07. The van der Waals surface area contributed by atoms with Gasteiger partial charge in [0.1, 0.15) is 5.75 Å². The lowest BCUT2D eigenvalue weighted by atomic mass is 10.1. The van der Waals surface area contributed by atoms with Crippen molar-refractivity contribution >= 4 is 37.5 Å². The third-order valence-corrected chi connectivity index (χ3v) is 4.63. The number of anilines is 1. The molecule has 3 rings (SSSR count). The molecule has 2 aromatic rings. The average molecular weight is 383 g/mol. The number of aromatic hydroxyl groups is 1. The van der Waals surface area contributed by atoms with Crippen molar-refractivity contribution in [2.45, 2.75) is 13.0 Å². The lowest BCUT2D eigenvalue weighted by molar-refractivity contribution is 0.466. The monoisotopic (exact) mass is 381 g/mol. The Hall–Kier alpha value is -1.00. The van der Waals surface area contributed by atoms with Gasteiger partial charge < -0.3 is 10.0 Å². The van der Waals surface area contributed by atoms with Gasteiger partial charge in [-0.15, -0.1) is 0 Å². The van der Waals surface area contributed by atoms with Crippen LogP contribution in [0.25, 0.3) is 0 Å². The zero-order valence-electron chi connectivity index (χ0n) is 10.2. The molecule has 0 bridgehead atoms. The van der Waals surface area contributed by atoms with E-state index in [2.05, 4.69) is 61.0 Å². The molecular weight excluding hydrogens is 370 g/mol. The number of rotatable bonds is 2. The van der Waals surface area contributed by atoms with E-state index in [-0.39, 0.29) is 0 Å². The van der Waals surface area contributed by atoms with Gasteiger partial charge in [-0.3, -0.25) is 0 Å². The summed E-state index contributed by atoms with van der Waals surface area (Å²) in [5, 5.41) is 10.1. The first-order valence-electron chi connectivity index (χ1n) is 6.15. The molecule has 0 unspecified atom stereocenters. The summed E-state index contributed by atoms with van der Waals surface area (Å²) in [5.74, 6) is 0.325. The first kappa shape index (κ1) is 13.0. The molecule has 1 aliphatic heterocycles. The van der Waals surface area contributed by atoms with Crippen LogP contribution in [0.15, 0.2) is 45.3 Å². The number of benzene rings is 2. The van der Waals surface area contributed by atoms with Crippen LogP contribution in [0.3, 0.4) is 0 Å². The van der Waals surface area contributed by atoms with Crippen LogP contribution >= 0.6 is 31.9 Å². The Kier molecular flexibility index (Phi) is 3.54. The number of phenolic OH excluding ortho intramolecular Hbond substituents is 1. The molecule has 0 spiro atoms. The summed E-state index contributed by atoms with van der Waals surface area (Å²) < 4.78 is 1.81. The first-order valence-corrected chi connectivity index (χ1v) is 7.73. The Bertz CT molecular complexity index is 604. The maximum absolute atomic E-state index is 10.1. The quantitative estimate of drug-likeness (QED) is 0.827. The van der Waals surface area contributed by atoms with Gasteiger partial charge in [-0.05, 0) is 30.2 Å². The molecule has 0 aromatic heterocycles. The third kappa shape index (κ3) is 2.51. The molecule has 0 aliphatic carbocycles. The van der Waals surface area contributed by atoms with E-state index in [9.17, 15) is 5.11 Å². The number of hydrogen-bond acceptors (Lipinski definition) is 2. The summed E-state index contributed by atoms with van der Waals surface area (Å²) in [4.78, 5) is 2.31. The van der Waals surface area contributed by atoms with Gasteiger partial charge in [0.25, 0.3) is 0 Å². The Morgan fingerprint density at radius 2 is 1.95 bits per heavy atom. The Labute approximate surface area is 129 Å². The molecule has 0 fully saturated rings. The highest BCUT2D eigenvalue weighted by atomic mass is 79.9. The molecule has 0 atom stereocenters.